The van der Waals surface area contributed by atoms with Crippen molar-refractivity contribution in [3.05, 3.63) is 12.2 Å². The van der Waals surface area contributed by atoms with E-state index in [4.69, 9.17) is 4.84 Å². The Bertz CT molecular complexity index is 200. The summed E-state index contributed by atoms with van der Waals surface area (Å²) in [7, 11) is 0. The summed E-state index contributed by atoms with van der Waals surface area (Å²) in [6.07, 6.45) is 5.13. The van der Waals surface area contributed by atoms with Crippen LogP contribution in [0.4, 0.5) is 0 Å². The molecule has 1 aliphatic heterocycles. The Kier molecular flexibility index (Phi) is 1.08. The maximum Gasteiger partial charge on any atom is 0.243 e. The maximum atomic E-state index is 10.8. The third-order valence-corrected chi connectivity index (χ3v) is 1.88. The summed E-state index contributed by atoms with van der Waals surface area (Å²) in [5.41, 5.74) is 0. The number of carbonyl (C=O) groups excluding carboxylic acids is 1. The first-order valence-corrected chi connectivity index (χ1v) is 3.42. The van der Waals surface area contributed by atoms with Gasteiger partial charge in [0, 0.05) is 13.3 Å². The smallest absolute Gasteiger partial charge is 0.243 e. The normalized spacial score (nSPS) is 35.5. The fraction of sp³-hybridized carbons (Fsp3) is 0.571. The molecule has 0 saturated carbocycles. The molecule has 0 aromatic rings. The van der Waals surface area contributed by atoms with Crippen molar-refractivity contribution >= 4 is 5.91 Å². The van der Waals surface area contributed by atoms with Crippen LogP contribution in [0, 0.1) is 0 Å². The van der Waals surface area contributed by atoms with Crippen LogP contribution in [-0.4, -0.2) is 23.1 Å². The van der Waals surface area contributed by atoms with Crippen molar-refractivity contribution in [2.75, 3.05) is 0 Å². The van der Waals surface area contributed by atoms with Crippen molar-refractivity contribution in [1.82, 2.24) is 5.06 Å². The topological polar surface area (TPSA) is 29.5 Å². The van der Waals surface area contributed by atoms with Gasteiger partial charge >= 0.3 is 0 Å². The lowest BCUT2D eigenvalue weighted by molar-refractivity contribution is -0.180. The van der Waals surface area contributed by atoms with E-state index in [9.17, 15) is 4.79 Å². The van der Waals surface area contributed by atoms with Gasteiger partial charge in [0.1, 0.15) is 6.10 Å². The van der Waals surface area contributed by atoms with Gasteiger partial charge in [0.15, 0.2) is 0 Å². The average molecular weight is 139 g/mol. The molecule has 2 unspecified atom stereocenters. The predicted octanol–water partition coefficient (Wildman–Crippen LogP) is 0.477. The summed E-state index contributed by atoms with van der Waals surface area (Å²) in [5.74, 6) is -0.00292. The molecule has 1 aliphatic carbocycles. The van der Waals surface area contributed by atoms with E-state index in [0.29, 0.717) is 0 Å². The van der Waals surface area contributed by atoms with Crippen LogP contribution in [0.2, 0.25) is 0 Å². The van der Waals surface area contributed by atoms with E-state index < -0.39 is 0 Å². The lowest BCUT2D eigenvalue weighted by atomic mass is 10.2. The van der Waals surface area contributed by atoms with E-state index in [-0.39, 0.29) is 18.1 Å². The zero-order valence-corrected chi connectivity index (χ0v) is 5.78. The highest BCUT2D eigenvalue weighted by atomic mass is 16.7. The second-order valence-corrected chi connectivity index (χ2v) is 2.68. The van der Waals surface area contributed by atoms with Crippen molar-refractivity contribution in [2.45, 2.75) is 25.5 Å². The molecule has 1 heterocycles. The first-order valence-electron chi connectivity index (χ1n) is 3.42. The van der Waals surface area contributed by atoms with Gasteiger partial charge in [0.05, 0.1) is 6.04 Å². The molecular formula is C7H9NO2. The van der Waals surface area contributed by atoms with Crippen LogP contribution in [0.5, 0.6) is 0 Å². The molecule has 10 heavy (non-hydrogen) atoms. The number of hydrogen-bond acceptors (Lipinski definition) is 2. The summed E-state index contributed by atoms with van der Waals surface area (Å²) >= 11 is 0. The van der Waals surface area contributed by atoms with Crippen molar-refractivity contribution in [1.29, 1.82) is 0 Å². The standard InChI is InChI=1S/C7H9NO2/c1-5(9)8-6-2-3-7(4-6)10-8/h2-3,6-7H,4H2,1H3. The number of nitrogens with zero attached hydrogens (tertiary/aromatic N) is 1. The van der Waals surface area contributed by atoms with Crippen molar-refractivity contribution in [3.8, 4) is 0 Å². The number of fused-ring (bicyclic) bond motifs is 2. The molecule has 1 saturated heterocycles. The number of hydroxylamine groups is 2. The highest BCUT2D eigenvalue weighted by Crippen LogP contribution is 2.28. The summed E-state index contributed by atoms with van der Waals surface area (Å²) in [4.78, 5) is 16.0. The van der Waals surface area contributed by atoms with Crippen molar-refractivity contribution in [2.24, 2.45) is 0 Å². The van der Waals surface area contributed by atoms with Crippen molar-refractivity contribution < 1.29 is 9.63 Å². The highest BCUT2D eigenvalue weighted by Gasteiger charge is 2.36. The van der Waals surface area contributed by atoms with Gasteiger partial charge in [0.25, 0.3) is 0 Å². The van der Waals surface area contributed by atoms with Crippen LogP contribution in [-0.2, 0) is 9.63 Å². The van der Waals surface area contributed by atoms with E-state index in [0.717, 1.165) is 6.42 Å². The second kappa shape index (κ2) is 1.83. The molecule has 0 spiro atoms. The molecule has 1 amide bonds. The SMILES string of the molecule is CC(=O)N1OC2C=CC1C2. The molecule has 0 radical (unpaired) electrons. The van der Waals surface area contributed by atoms with Gasteiger partial charge in [-0.05, 0) is 0 Å². The number of amides is 1. The first kappa shape index (κ1) is 5.92. The Labute approximate surface area is 59.2 Å². The van der Waals surface area contributed by atoms with Gasteiger partial charge in [-0.15, -0.1) is 0 Å². The highest BCUT2D eigenvalue weighted by molar-refractivity contribution is 5.73. The Balaban J connectivity index is 2.16. The molecule has 2 bridgehead atoms. The van der Waals surface area contributed by atoms with Crippen LogP contribution in [0.25, 0.3) is 0 Å². The average Bonchev–Trinajstić information content (AvgIpc) is 2.44. The Hall–Kier alpha value is -0.830. The Morgan fingerprint density at radius 3 is 2.80 bits per heavy atom. The molecule has 2 rings (SSSR count). The lowest BCUT2D eigenvalue weighted by Gasteiger charge is -2.20. The zero-order valence-electron chi connectivity index (χ0n) is 5.78. The van der Waals surface area contributed by atoms with Crippen molar-refractivity contribution in [3.63, 3.8) is 0 Å². The minimum absolute atomic E-state index is 0.00292. The molecule has 0 N–H and O–H groups in total. The van der Waals surface area contributed by atoms with Gasteiger partial charge in [-0.3, -0.25) is 9.63 Å². The fourth-order valence-corrected chi connectivity index (χ4v) is 1.43. The van der Waals surface area contributed by atoms with Gasteiger partial charge in [-0.2, -0.15) is 0 Å². The van der Waals surface area contributed by atoms with E-state index in [1.807, 2.05) is 12.2 Å². The Morgan fingerprint density at radius 1 is 1.70 bits per heavy atom. The third-order valence-electron chi connectivity index (χ3n) is 1.88. The molecule has 0 aromatic heterocycles. The summed E-state index contributed by atoms with van der Waals surface area (Å²) in [5, 5.41) is 1.45. The molecular weight excluding hydrogens is 130 g/mol. The monoisotopic (exact) mass is 139 g/mol. The molecule has 3 nitrogen and oxygen atoms in total. The molecule has 0 aromatic carbocycles. The van der Waals surface area contributed by atoms with Gasteiger partial charge < -0.3 is 0 Å². The molecule has 2 aliphatic rings. The maximum absolute atomic E-state index is 10.8. The molecule has 54 valence electrons. The van der Waals surface area contributed by atoms with Gasteiger partial charge in [-0.25, -0.2) is 5.06 Å². The number of rotatable bonds is 0. The largest absolute Gasteiger partial charge is 0.273 e. The summed E-state index contributed by atoms with van der Waals surface area (Å²) in [6, 6.07) is 0.211. The minimum atomic E-state index is -0.00292. The van der Waals surface area contributed by atoms with Gasteiger partial charge in [-0.1, -0.05) is 12.2 Å². The van der Waals surface area contributed by atoms with Gasteiger partial charge in [0.2, 0.25) is 5.91 Å². The van der Waals surface area contributed by atoms with Crippen LogP contribution >= 0.6 is 0 Å². The third kappa shape index (κ3) is 0.671. The zero-order chi connectivity index (χ0) is 7.14. The lowest BCUT2D eigenvalue weighted by Crippen LogP contribution is -2.32. The quantitative estimate of drug-likeness (QED) is 0.457. The summed E-state index contributed by atoms with van der Waals surface area (Å²) < 4.78 is 0. The number of hydrogen-bond donors (Lipinski definition) is 0. The van der Waals surface area contributed by atoms with Crippen LogP contribution in [0.3, 0.4) is 0 Å². The number of carbonyl (C=O) groups is 1. The first-order chi connectivity index (χ1) is 4.77. The van der Waals surface area contributed by atoms with Crippen LogP contribution < -0.4 is 0 Å². The Morgan fingerprint density at radius 2 is 2.50 bits per heavy atom. The summed E-state index contributed by atoms with van der Waals surface area (Å²) in [6.45, 7) is 1.52. The molecule has 3 heteroatoms. The predicted molar refractivity (Wildman–Crippen MR) is 34.9 cm³/mol. The fourth-order valence-electron chi connectivity index (χ4n) is 1.43. The molecule has 2 atom stereocenters. The van der Waals surface area contributed by atoms with E-state index in [1.54, 1.807) is 0 Å². The van der Waals surface area contributed by atoms with E-state index >= 15 is 0 Å². The minimum Gasteiger partial charge on any atom is -0.273 e. The van der Waals surface area contributed by atoms with Crippen LogP contribution in [0.1, 0.15) is 13.3 Å². The van der Waals surface area contributed by atoms with E-state index in [1.165, 1.54) is 12.0 Å². The second-order valence-electron chi connectivity index (χ2n) is 2.68. The molecule has 1 fully saturated rings. The van der Waals surface area contributed by atoms with Crippen LogP contribution in [0.15, 0.2) is 12.2 Å². The van der Waals surface area contributed by atoms with E-state index in [2.05, 4.69) is 0 Å².